The highest BCUT2D eigenvalue weighted by Gasteiger charge is 2.13. The molecule has 0 aliphatic carbocycles. The van der Waals surface area contributed by atoms with Crippen LogP contribution in [0.3, 0.4) is 0 Å². The number of nitro benzene ring substituents is 1. The molecule has 1 unspecified atom stereocenters. The van der Waals surface area contributed by atoms with Crippen LogP contribution in [-0.4, -0.2) is 9.91 Å². The molecule has 1 N–H and O–H groups in total. The SMILES string of the molecule is CC(Nc1ccc([N+](=O)[O-])cc1C#N)c1cscn1. The van der Waals surface area contributed by atoms with Crippen LogP contribution >= 0.6 is 11.3 Å². The lowest BCUT2D eigenvalue weighted by Crippen LogP contribution is -2.08. The van der Waals surface area contributed by atoms with E-state index in [0.717, 1.165) is 5.69 Å². The molecule has 0 fully saturated rings. The molecule has 96 valence electrons. The lowest BCUT2D eigenvalue weighted by Gasteiger charge is -2.14. The molecule has 1 heterocycles. The Morgan fingerprint density at radius 1 is 1.58 bits per heavy atom. The lowest BCUT2D eigenvalue weighted by atomic mass is 10.1. The quantitative estimate of drug-likeness (QED) is 0.683. The average Bonchev–Trinajstić information content (AvgIpc) is 2.92. The molecule has 0 bridgehead atoms. The van der Waals surface area contributed by atoms with Crippen molar-refractivity contribution in [2.75, 3.05) is 5.32 Å². The van der Waals surface area contributed by atoms with Crippen molar-refractivity contribution in [3.05, 3.63) is 50.5 Å². The van der Waals surface area contributed by atoms with Crippen LogP contribution in [0.5, 0.6) is 0 Å². The molecule has 0 spiro atoms. The fourth-order valence-electron chi connectivity index (χ4n) is 1.61. The molecular formula is C12H10N4O2S. The highest BCUT2D eigenvalue weighted by atomic mass is 32.1. The van der Waals surface area contributed by atoms with E-state index in [0.29, 0.717) is 5.69 Å². The highest BCUT2D eigenvalue weighted by Crippen LogP contribution is 2.25. The van der Waals surface area contributed by atoms with Gasteiger partial charge in [-0.2, -0.15) is 5.26 Å². The fraction of sp³-hybridized carbons (Fsp3) is 0.167. The molecule has 6 nitrogen and oxygen atoms in total. The predicted molar refractivity (Wildman–Crippen MR) is 72.0 cm³/mol. The Morgan fingerprint density at radius 3 is 2.95 bits per heavy atom. The van der Waals surface area contributed by atoms with E-state index in [9.17, 15) is 10.1 Å². The van der Waals surface area contributed by atoms with E-state index in [-0.39, 0.29) is 17.3 Å². The monoisotopic (exact) mass is 274 g/mol. The minimum absolute atomic E-state index is 0.0696. The van der Waals surface area contributed by atoms with Crippen LogP contribution in [0.15, 0.2) is 29.1 Å². The summed E-state index contributed by atoms with van der Waals surface area (Å²) in [4.78, 5) is 14.3. The van der Waals surface area contributed by atoms with Crippen molar-refractivity contribution in [2.24, 2.45) is 0 Å². The first kappa shape index (κ1) is 13.0. The molecule has 0 aliphatic rings. The van der Waals surface area contributed by atoms with Gasteiger partial charge in [0.1, 0.15) is 6.07 Å². The normalized spacial score (nSPS) is 11.6. The van der Waals surface area contributed by atoms with Gasteiger partial charge in [0, 0.05) is 17.5 Å². The van der Waals surface area contributed by atoms with Gasteiger partial charge < -0.3 is 5.32 Å². The molecule has 0 amide bonds. The molecule has 2 rings (SSSR count). The molecule has 0 aliphatic heterocycles. The first-order valence-electron chi connectivity index (χ1n) is 5.45. The van der Waals surface area contributed by atoms with E-state index in [2.05, 4.69) is 10.3 Å². The van der Waals surface area contributed by atoms with Gasteiger partial charge in [0.2, 0.25) is 0 Å². The topological polar surface area (TPSA) is 91.9 Å². The van der Waals surface area contributed by atoms with Gasteiger partial charge in [0.05, 0.1) is 33.4 Å². The Bertz CT molecular complexity index is 634. The summed E-state index contributed by atoms with van der Waals surface area (Å²) in [5, 5.41) is 24.7. The van der Waals surface area contributed by atoms with E-state index in [4.69, 9.17) is 5.26 Å². The molecule has 19 heavy (non-hydrogen) atoms. The van der Waals surface area contributed by atoms with Gasteiger partial charge in [-0.25, -0.2) is 4.98 Å². The van der Waals surface area contributed by atoms with Crippen LogP contribution in [0.25, 0.3) is 0 Å². The van der Waals surface area contributed by atoms with Crippen LogP contribution in [0.4, 0.5) is 11.4 Å². The number of nitriles is 1. The van der Waals surface area contributed by atoms with Gasteiger partial charge in [-0.1, -0.05) is 0 Å². The maximum atomic E-state index is 10.7. The minimum atomic E-state index is -0.519. The maximum absolute atomic E-state index is 10.7. The van der Waals surface area contributed by atoms with Crippen LogP contribution in [0, 0.1) is 21.4 Å². The molecule has 1 aromatic heterocycles. The van der Waals surface area contributed by atoms with Gasteiger partial charge in [0.25, 0.3) is 5.69 Å². The van der Waals surface area contributed by atoms with Crippen molar-refractivity contribution in [3.8, 4) is 6.07 Å². The highest BCUT2D eigenvalue weighted by molar-refractivity contribution is 7.07. The van der Waals surface area contributed by atoms with Crippen molar-refractivity contribution in [1.29, 1.82) is 5.26 Å². The van der Waals surface area contributed by atoms with Gasteiger partial charge >= 0.3 is 0 Å². The van der Waals surface area contributed by atoms with E-state index in [1.165, 1.54) is 23.5 Å². The number of nitrogens with zero attached hydrogens (tertiary/aromatic N) is 3. The number of thiazole rings is 1. The second kappa shape index (κ2) is 5.46. The van der Waals surface area contributed by atoms with Crippen LogP contribution < -0.4 is 5.32 Å². The first-order chi connectivity index (χ1) is 9.11. The van der Waals surface area contributed by atoms with Crippen LogP contribution in [0.2, 0.25) is 0 Å². The number of anilines is 1. The Balaban J connectivity index is 2.26. The third kappa shape index (κ3) is 2.86. The molecule has 2 aromatic rings. The number of benzene rings is 1. The fourth-order valence-corrected chi connectivity index (χ4v) is 2.25. The van der Waals surface area contributed by atoms with Crippen molar-refractivity contribution in [3.63, 3.8) is 0 Å². The number of nitrogens with one attached hydrogen (secondary N) is 1. The van der Waals surface area contributed by atoms with E-state index < -0.39 is 4.92 Å². The molecule has 1 atom stereocenters. The Hall–Kier alpha value is -2.46. The van der Waals surface area contributed by atoms with Crippen molar-refractivity contribution in [1.82, 2.24) is 4.98 Å². The zero-order valence-electron chi connectivity index (χ0n) is 10.0. The summed E-state index contributed by atoms with van der Waals surface area (Å²) in [6.07, 6.45) is 0. The molecule has 0 saturated carbocycles. The Kier molecular flexibility index (Phi) is 3.73. The number of non-ortho nitro benzene ring substituents is 1. The summed E-state index contributed by atoms with van der Waals surface area (Å²) >= 11 is 1.49. The minimum Gasteiger partial charge on any atom is -0.376 e. The molecule has 0 radical (unpaired) electrons. The summed E-state index contributed by atoms with van der Waals surface area (Å²) < 4.78 is 0. The molecule has 7 heteroatoms. The largest absolute Gasteiger partial charge is 0.376 e. The predicted octanol–water partition coefficient (Wildman–Crippen LogP) is 3.10. The summed E-state index contributed by atoms with van der Waals surface area (Å²) in [6.45, 7) is 1.91. The Morgan fingerprint density at radius 2 is 2.37 bits per heavy atom. The van der Waals surface area contributed by atoms with Gasteiger partial charge in [0.15, 0.2) is 0 Å². The summed E-state index contributed by atoms with van der Waals surface area (Å²) in [5.74, 6) is 0. The third-order valence-corrected chi connectivity index (χ3v) is 3.21. The Labute approximate surface area is 113 Å². The van der Waals surface area contributed by atoms with Crippen molar-refractivity contribution >= 4 is 22.7 Å². The van der Waals surface area contributed by atoms with Gasteiger partial charge in [-0.05, 0) is 13.0 Å². The smallest absolute Gasteiger partial charge is 0.270 e. The second-order valence-corrected chi connectivity index (χ2v) is 4.60. The molecule has 1 aromatic carbocycles. The summed E-state index contributed by atoms with van der Waals surface area (Å²) in [6, 6.07) is 6.06. The van der Waals surface area contributed by atoms with E-state index >= 15 is 0 Å². The van der Waals surface area contributed by atoms with Crippen molar-refractivity contribution < 1.29 is 4.92 Å². The van der Waals surface area contributed by atoms with E-state index in [1.54, 1.807) is 11.6 Å². The van der Waals surface area contributed by atoms with Crippen LogP contribution in [0.1, 0.15) is 24.2 Å². The number of hydrogen-bond acceptors (Lipinski definition) is 6. The summed E-state index contributed by atoms with van der Waals surface area (Å²) in [7, 11) is 0. The zero-order chi connectivity index (χ0) is 13.8. The van der Waals surface area contributed by atoms with Crippen molar-refractivity contribution in [2.45, 2.75) is 13.0 Å². The second-order valence-electron chi connectivity index (χ2n) is 3.88. The lowest BCUT2D eigenvalue weighted by molar-refractivity contribution is -0.384. The standard InChI is InChI=1S/C12H10N4O2S/c1-8(12-6-19-7-14-12)15-11-3-2-10(16(17)18)4-9(11)5-13/h2-4,6-8,15H,1H3. The zero-order valence-corrected chi connectivity index (χ0v) is 10.8. The average molecular weight is 274 g/mol. The number of rotatable bonds is 4. The maximum Gasteiger partial charge on any atom is 0.270 e. The number of hydrogen-bond donors (Lipinski definition) is 1. The summed E-state index contributed by atoms with van der Waals surface area (Å²) in [5.41, 5.74) is 3.31. The number of aromatic nitrogens is 1. The van der Waals surface area contributed by atoms with Gasteiger partial charge in [-0.15, -0.1) is 11.3 Å². The third-order valence-electron chi connectivity index (χ3n) is 2.60. The van der Waals surface area contributed by atoms with Gasteiger partial charge in [-0.3, -0.25) is 10.1 Å². The van der Waals surface area contributed by atoms with E-state index in [1.807, 2.05) is 18.4 Å². The molecule has 0 saturated heterocycles. The first-order valence-corrected chi connectivity index (χ1v) is 6.39. The number of nitro groups is 1. The molecular weight excluding hydrogens is 264 g/mol. The van der Waals surface area contributed by atoms with Crippen LogP contribution in [-0.2, 0) is 0 Å².